The molecular formula is C16H18N2O5. The van der Waals surface area contributed by atoms with Crippen molar-refractivity contribution in [1.82, 2.24) is 4.90 Å². The first-order valence-corrected chi connectivity index (χ1v) is 7.56. The van der Waals surface area contributed by atoms with Crippen molar-refractivity contribution >= 4 is 23.5 Å². The number of ether oxygens (including phenoxy) is 1. The maximum absolute atomic E-state index is 12.7. The fourth-order valence-corrected chi connectivity index (χ4v) is 2.99. The average Bonchev–Trinajstić information content (AvgIpc) is 2.53. The molecule has 2 amide bonds. The van der Waals surface area contributed by atoms with Gasteiger partial charge < -0.3 is 20.1 Å². The highest BCUT2D eigenvalue weighted by Gasteiger charge is 2.35. The molecule has 0 aromatic heterocycles. The van der Waals surface area contributed by atoms with Crippen molar-refractivity contribution in [3.8, 4) is 5.75 Å². The zero-order chi connectivity index (χ0) is 16.6. The van der Waals surface area contributed by atoms with Gasteiger partial charge in [-0.05, 0) is 37.0 Å². The van der Waals surface area contributed by atoms with Gasteiger partial charge in [-0.3, -0.25) is 9.59 Å². The van der Waals surface area contributed by atoms with Crippen LogP contribution in [0.1, 0.15) is 30.1 Å². The summed E-state index contributed by atoms with van der Waals surface area (Å²) < 4.78 is 5.31. The molecule has 2 unspecified atom stereocenters. The van der Waals surface area contributed by atoms with E-state index in [-0.39, 0.29) is 24.3 Å². The Morgan fingerprint density at radius 1 is 1.39 bits per heavy atom. The van der Waals surface area contributed by atoms with Crippen molar-refractivity contribution in [3.63, 3.8) is 0 Å². The number of amides is 2. The Bertz CT molecular complexity index is 672. The van der Waals surface area contributed by atoms with Crippen LogP contribution in [-0.4, -0.2) is 47.0 Å². The third-order valence-electron chi connectivity index (χ3n) is 4.27. The second-order valence-corrected chi connectivity index (χ2v) is 6.03. The van der Waals surface area contributed by atoms with Crippen molar-refractivity contribution in [2.45, 2.75) is 25.8 Å². The van der Waals surface area contributed by atoms with E-state index in [0.717, 1.165) is 6.42 Å². The van der Waals surface area contributed by atoms with E-state index in [0.29, 0.717) is 30.0 Å². The van der Waals surface area contributed by atoms with Crippen LogP contribution in [0.5, 0.6) is 5.75 Å². The van der Waals surface area contributed by atoms with Crippen LogP contribution in [0.25, 0.3) is 0 Å². The molecule has 122 valence electrons. The lowest BCUT2D eigenvalue weighted by atomic mass is 9.92. The number of carboxylic acid groups (broad SMARTS) is 1. The lowest BCUT2D eigenvalue weighted by Gasteiger charge is -2.36. The average molecular weight is 318 g/mol. The Kier molecular flexibility index (Phi) is 3.94. The third kappa shape index (κ3) is 2.99. The van der Waals surface area contributed by atoms with Crippen LogP contribution in [0.3, 0.4) is 0 Å². The first kappa shape index (κ1) is 15.3. The van der Waals surface area contributed by atoms with Gasteiger partial charge in [0.1, 0.15) is 11.8 Å². The smallest absolute Gasteiger partial charge is 0.326 e. The third-order valence-corrected chi connectivity index (χ3v) is 4.27. The molecule has 2 aliphatic rings. The number of hydrogen-bond acceptors (Lipinski definition) is 4. The normalized spacial score (nSPS) is 23.5. The van der Waals surface area contributed by atoms with Crippen LogP contribution in [0.4, 0.5) is 5.69 Å². The van der Waals surface area contributed by atoms with Crippen LogP contribution in [0.15, 0.2) is 18.2 Å². The van der Waals surface area contributed by atoms with Gasteiger partial charge in [0.05, 0.1) is 5.69 Å². The van der Waals surface area contributed by atoms with E-state index >= 15 is 0 Å². The van der Waals surface area contributed by atoms with Crippen LogP contribution in [-0.2, 0) is 9.59 Å². The van der Waals surface area contributed by atoms with Gasteiger partial charge in [0.25, 0.3) is 11.8 Å². The Hall–Kier alpha value is -2.57. The molecule has 0 saturated carbocycles. The number of carboxylic acids is 1. The second-order valence-electron chi connectivity index (χ2n) is 6.03. The zero-order valence-electron chi connectivity index (χ0n) is 12.7. The van der Waals surface area contributed by atoms with Gasteiger partial charge >= 0.3 is 5.97 Å². The van der Waals surface area contributed by atoms with E-state index in [2.05, 4.69) is 5.32 Å². The molecule has 1 fully saturated rings. The lowest BCUT2D eigenvalue weighted by Crippen LogP contribution is -2.49. The number of rotatable bonds is 2. The van der Waals surface area contributed by atoms with E-state index in [1.165, 1.54) is 4.90 Å². The van der Waals surface area contributed by atoms with E-state index in [9.17, 15) is 19.5 Å². The van der Waals surface area contributed by atoms with Gasteiger partial charge in [0, 0.05) is 12.1 Å². The SMILES string of the molecule is CC1CCN(C(=O)c2ccc3c(c2)OCC(=O)N3)C(C(=O)O)C1. The highest BCUT2D eigenvalue weighted by atomic mass is 16.5. The molecule has 0 bridgehead atoms. The molecule has 2 aliphatic heterocycles. The molecule has 0 spiro atoms. The maximum atomic E-state index is 12.7. The summed E-state index contributed by atoms with van der Waals surface area (Å²) in [4.78, 5) is 36.8. The number of aliphatic carboxylic acids is 1. The number of piperidine rings is 1. The van der Waals surface area contributed by atoms with E-state index < -0.39 is 12.0 Å². The van der Waals surface area contributed by atoms with Crippen LogP contribution < -0.4 is 10.1 Å². The summed E-state index contributed by atoms with van der Waals surface area (Å²) in [6.45, 7) is 2.32. The van der Waals surface area contributed by atoms with Crippen molar-refractivity contribution in [2.75, 3.05) is 18.5 Å². The molecule has 1 aromatic rings. The number of benzene rings is 1. The molecular weight excluding hydrogens is 300 g/mol. The number of carbonyl (C=O) groups excluding carboxylic acids is 2. The Morgan fingerprint density at radius 2 is 2.17 bits per heavy atom. The van der Waals surface area contributed by atoms with Crippen LogP contribution in [0.2, 0.25) is 0 Å². The lowest BCUT2D eigenvalue weighted by molar-refractivity contribution is -0.144. The monoisotopic (exact) mass is 318 g/mol. The number of carbonyl (C=O) groups is 3. The summed E-state index contributed by atoms with van der Waals surface area (Å²) in [7, 11) is 0. The predicted octanol–water partition coefficient (Wildman–Crippen LogP) is 1.34. The van der Waals surface area contributed by atoms with E-state index in [1.54, 1.807) is 18.2 Å². The molecule has 1 aromatic carbocycles. The van der Waals surface area contributed by atoms with Gasteiger partial charge in [-0.15, -0.1) is 0 Å². The Morgan fingerprint density at radius 3 is 2.91 bits per heavy atom. The van der Waals surface area contributed by atoms with Gasteiger partial charge in [-0.25, -0.2) is 4.79 Å². The van der Waals surface area contributed by atoms with Gasteiger partial charge in [0.2, 0.25) is 0 Å². The fraction of sp³-hybridized carbons (Fsp3) is 0.438. The molecule has 0 aliphatic carbocycles. The quantitative estimate of drug-likeness (QED) is 0.858. The molecule has 2 atom stereocenters. The summed E-state index contributed by atoms with van der Waals surface area (Å²) in [5.74, 6) is -0.846. The molecule has 7 nitrogen and oxygen atoms in total. The summed E-state index contributed by atoms with van der Waals surface area (Å²) in [6.07, 6.45) is 1.24. The number of fused-ring (bicyclic) bond motifs is 1. The Labute approximate surface area is 133 Å². The van der Waals surface area contributed by atoms with Crippen LogP contribution >= 0.6 is 0 Å². The van der Waals surface area contributed by atoms with Gasteiger partial charge in [0.15, 0.2) is 6.61 Å². The first-order valence-electron chi connectivity index (χ1n) is 7.56. The first-order chi connectivity index (χ1) is 11.0. The standard InChI is InChI=1S/C16H18N2O5/c1-9-4-5-18(12(6-9)16(21)22)15(20)10-2-3-11-13(7-10)23-8-14(19)17-11/h2-3,7,9,12H,4-6,8H2,1H3,(H,17,19)(H,21,22). The topological polar surface area (TPSA) is 95.9 Å². The van der Waals surface area contributed by atoms with Gasteiger partial charge in [-0.2, -0.15) is 0 Å². The molecule has 2 N–H and O–H groups in total. The number of anilines is 1. The van der Waals surface area contributed by atoms with Crippen molar-refractivity contribution < 1.29 is 24.2 Å². The molecule has 0 radical (unpaired) electrons. The molecule has 23 heavy (non-hydrogen) atoms. The fourth-order valence-electron chi connectivity index (χ4n) is 2.99. The number of likely N-dealkylation sites (tertiary alicyclic amines) is 1. The van der Waals surface area contributed by atoms with E-state index in [4.69, 9.17) is 4.74 Å². The highest BCUT2D eigenvalue weighted by molar-refractivity contribution is 6.00. The number of nitrogens with one attached hydrogen (secondary N) is 1. The van der Waals surface area contributed by atoms with Crippen molar-refractivity contribution in [1.29, 1.82) is 0 Å². The number of nitrogens with zero attached hydrogens (tertiary/aromatic N) is 1. The zero-order valence-corrected chi connectivity index (χ0v) is 12.7. The molecule has 3 rings (SSSR count). The predicted molar refractivity (Wildman–Crippen MR) is 81.4 cm³/mol. The summed E-state index contributed by atoms with van der Waals surface area (Å²) in [5, 5.41) is 12.0. The van der Waals surface area contributed by atoms with Crippen molar-refractivity contribution in [2.24, 2.45) is 5.92 Å². The number of hydrogen-bond donors (Lipinski definition) is 2. The van der Waals surface area contributed by atoms with Crippen molar-refractivity contribution in [3.05, 3.63) is 23.8 Å². The summed E-state index contributed by atoms with van der Waals surface area (Å²) in [6, 6.07) is 3.92. The maximum Gasteiger partial charge on any atom is 0.326 e. The minimum absolute atomic E-state index is 0.0936. The minimum Gasteiger partial charge on any atom is -0.482 e. The molecule has 7 heteroatoms. The summed E-state index contributed by atoms with van der Waals surface area (Å²) in [5.41, 5.74) is 0.876. The molecule has 2 heterocycles. The second kappa shape index (κ2) is 5.91. The Balaban J connectivity index is 1.85. The molecule has 1 saturated heterocycles. The van der Waals surface area contributed by atoms with E-state index in [1.807, 2.05) is 6.92 Å². The largest absolute Gasteiger partial charge is 0.482 e. The van der Waals surface area contributed by atoms with Gasteiger partial charge in [-0.1, -0.05) is 6.92 Å². The minimum atomic E-state index is -0.980. The van der Waals surface area contributed by atoms with Crippen LogP contribution in [0, 0.1) is 5.92 Å². The summed E-state index contributed by atoms with van der Waals surface area (Å²) >= 11 is 0. The highest BCUT2D eigenvalue weighted by Crippen LogP contribution is 2.30.